The third-order valence-electron chi connectivity index (χ3n) is 4.05. The highest BCUT2D eigenvalue weighted by Gasteiger charge is 2.57. The van der Waals surface area contributed by atoms with Crippen LogP contribution in [0.4, 0.5) is 0 Å². The zero-order valence-corrected chi connectivity index (χ0v) is 9.40. The smallest absolute Gasteiger partial charge is 0.0697 e. The fourth-order valence-electron chi connectivity index (χ4n) is 3.89. The first-order valence-electron chi connectivity index (χ1n) is 5.60. The van der Waals surface area contributed by atoms with E-state index in [0.717, 1.165) is 19.4 Å². The molecule has 3 N–H and O–H groups in total. The standard InChI is InChI=1S/C11H22N2O/c1-7(2)10-11(6-13(10)3)4-8(12)9(14)5-11/h7-10,14H,4-6,12H2,1-3H3. The molecule has 0 aromatic heterocycles. The Kier molecular flexibility index (Phi) is 2.37. The van der Waals surface area contributed by atoms with E-state index in [9.17, 15) is 5.11 Å². The van der Waals surface area contributed by atoms with Gasteiger partial charge in [0.25, 0.3) is 0 Å². The summed E-state index contributed by atoms with van der Waals surface area (Å²) >= 11 is 0. The maximum absolute atomic E-state index is 9.74. The molecule has 0 aromatic rings. The van der Waals surface area contributed by atoms with Crippen LogP contribution in [0, 0.1) is 11.3 Å². The summed E-state index contributed by atoms with van der Waals surface area (Å²) < 4.78 is 0. The Bertz CT molecular complexity index is 215. The third kappa shape index (κ3) is 1.30. The van der Waals surface area contributed by atoms with Crippen molar-refractivity contribution in [2.75, 3.05) is 13.6 Å². The van der Waals surface area contributed by atoms with Gasteiger partial charge in [0.2, 0.25) is 0 Å². The Hall–Kier alpha value is -0.120. The van der Waals surface area contributed by atoms with Crippen LogP contribution in [0.15, 0.2) is 0 Å². The second kappa shape index (κ2) is 3.19. The molecule has 2 rings (SSSR count). The molecular formula is C11H22N2O. The molecule has 4 unspecified atom stereocenters. The number of rotatable bonds is 1. The Morgan fingerprint density at radius 1 is 1.43 bits per heavy atom. The van der Waals surface area contributed by atoms with Crippen molar-refractivity contribution in [3.05, 3.63) is 0 Å². The maximum atomic E-state index is 9.74. The molecule has 0 radical (unpaired) electrons. The molecule has 0 amide bonds. The molecule has 3 heteroatoms. The lowest BCUT2D eigenvalue weighted by Crippen LogP contribution is -2.64. The van der Waals surface area contributed by atoms with Gasteiger partial charge in [-0.15, -0.1) is 0 Å². The van der Waals surface area contributed by atoms with Gasteiger partial charge >= 0.3 is 0 Å². The Labute approximate surface area is 86.3 Å². The van der Waals surface area contributed by atoms with Crippen molar-refractivity contribution >= 4 is 0 Å². The summed E-state index contributed by atoms with van der Waals surface area (Å²) in [7, 11) is 2.17. The first-order chi connectivity index (χ1) is 6.46. The van der Waals surface area contributed by atoms with Gasteiger partial charge in [-0.05, 0) is 25.8 Å². The topological polar surface area (TPSA) is 49.5 Å². The molecule has 1 aliphatic carbocycles. The highest BCUT2D eigenvalue weighted by molar-refractivity contribution is 5.11. The van der Waals surface area contributed by atoms with Crippen LogP contribution in [-0.4, -0.2) is 41.8 Å². The number of likely N-dealkylation sites (tertiary alicyclic amines) is 1. The number of hydrogen-bond donors (Lipinski definition) is 2. The van der Waals surface area contributed by atoms with E-state index in [1.54, 1.807) is 0 Å². The number of aliphatic hydroxyl groups is 1. The van der Waals surface area contributed by atoms with Gasteiger partial charge in [0, 0.05) is 24.0 Å². The molecule has 3 nitrogen and oxygen atoms in total. The van der Waals surface area contributed by atoms with Crippen molar-refractivity contribution in [1.29, 1.82) is 0 Å². The summed E-state index contributed by atoms with van der Waals surface area (Å²) in [6.45, 7) is 5.64. The zero-order chi connectivity index (χ0) is 10.5. The number of hydrogen-bond acceptors (Lipinski definition) is 3. The molecule has 14 heavy (non-hydrogen) atoms. The highest BCUT2D eigenvalue weighted by Crippen LogP contribution is 2.51. The number of nitrogens with two attached hydrogens (primary N) is 1. The van der Waals surface area contributed by atoms with Crippen LogP contribution in [0.1, 0.15) is 26.7 Å². The largest absolute Gasteiger partial charge is 0.391 e. The van der Waals surface area contributed by atoms with Crippen molar-refractivity contribution in [2.45, 2.75) is 44.9 Å². The molecule has 0 bridgehead atoms. The van der Waals surface area contributed by atoms with Crippen molar-refractivity contribution in [3.8, 4) is 0 Å². The van der Waals surface area contributed by atoms with Gasteiger partial charge in [0.15, 0.2) is 0 Å². The average molecular weight is 198 g/mol. The predicted molar refractivity (Wildman–Crippen MR) is 56.9 cm³/mol. The summed E-state index contributed by atoms with van der Waals surface area (Å²) in [5, 5.41) is 9.74. The maximum Gasteiger partial charge on any atom is 0.0697 e. The molecule has 1 saturated carbocycles. The fourth-order valence-corrected chi connectivity index (χ4v) is 3.89. The van der Waals surface area contributed by atoms with Gasteiger partial charge in [0.1, 0.15) is 0 Å². The van der Waals surface area contributed by atoms with Gasteiger partial charge in [0.05, 0.1) is 6.10 Å². The summed E-state index contributed by atoms with van der Waals surface area (Å²) in [4.78, 5) is 2.40. The lowest BCUT2D eigenvalue weighted by molar-refractivity contribution is -0.0826. The number of aliphatic hydroxyl groups excluding tert-OH is 1. The van der Waals surface area contributed by atoms with E-state index >= 15 is 0 Å². The van der Waals surface area contributed by atoms with Crippen LogP contribution >= 0.6 is 0 Å². The van der Waals surface area contributed by atoms with Gasteiger partial charge in [-0.3, -0.25) is 0 Å². The Morgan fingerprint density at radius 2 is 2.07 bits per heavy atom. The quantitative estimate of drug-likeness (QED) is 0.642. The SMILES string of the molecule is CC(C)C1N(C)CC12CC(N)C(O)C2. The van der Waals surface area contributed by atoms with Crippen molar-refractivity contribution in [3.63, 3.8) is 0 Å². The van der Waals surface area contributed by atoms with E-state index in [-0.39, 0.29) is 12.1 Å². The minimum atomic E-state index is -0.273. The molecule has 82 valence electrons. The molecule has 2 aliphatic rings. The second-order valence-electron chi connectivity index (χ2n) is 5.61. The van der Waals surface area contributed by atoms with Gasteiger partial charge in [-0.25, -0.2) is 0 Å². The van der Waals surface area contributed by atoms with Crippen LogP contribution in [0.25, 0.3) is 0 Å². The van der Waals surface area contributed by atoms with Gasteiger partial charge in [-0.2, -0.15) is 0 Å². The van der Waals surface area contributed by atoms with E-state index in [0.29, 0.717) is 17.4 Å². The fraction of sp³-hybridized carbons (Fsp3) is 1.00. The minimum absolute atomic E-state index is 0.00458. The first-order valence-corrected chi connectivity index (χ1v) is 5.60. The van der Waals surface area contributed by atoms with E-state index in [1.165, 1.54) is 0 Å². The highest BCUT2D eigenvalue weighted by atomic mass is 16.3. The van der Waals surface area contributed by atoms with Crippen molar-refractivity contribution < 1.29 is 5.11 Å². The van der Waals surface area contributed by atoms with Gasteiger partial charge in [-0.1, -0.05) is 13.8 Å². The Balaban J connectivity index is 2.12. The predicted octanol–water partition coefficient (Wildman–Crippen LogP) is 0.425. The van der Waals surface area contributed by atoms with Crippen molar-refractivity contribution in [2.24, 2.45) is 17.1 Å². The molecule has 2 fully saturated rings. The second-order valence-corrected chi connectivity index (χ2v) is 5.61. The van der Waals surface area contributed by atoms with Crippen LogP contribution < -0.4 is 5.73 Å². The summed E-state index contributed by atoms with van der Waals surface area (Å²) in [6.07, 6.45) is 1.63. The first kappa shape index (κ1) is 10.4. The van der Waals surface area contributed by atoms with E-state index < -0.39 is 0 Å². The van der Waals surface area contributed by atoms with Crippen LogP contribution in [0.2, 0.25) is 0 Å². The van der Waals surface area contributed by atoms with Crippen LogP contribution in [0.5, 0.6) is 0 Å². The van der Waals surface area contributed by atoms with E-state index in [2.05, 4.69) is 25.8 Å². The molecule has 1 spiro atoms. The molecular weight excluding hydrogens is 176 g/mol. The average Bonchev–Trinajstić information content (AvgIpc) is 2.26. The van der Waals surface area contributed by atoms with Gasteiger partial charge < -0.3 is 15.7 Å². The monoisotopic (exact) mass is 198 g/mol. The number of nitrogens with zero attached hydrogens (tertiary/aromatic N) is 1. The Morgan fingerprint density at radius 3 is 2.43 bits per heavy atom. The summed E-state index contributed by atoms with van der Waals surface area (Å²) in [5.41, 5.74) is 6.22. The molecule has 1 heterocycles. The summed E-state index contributed by atoms with van der Waals surface area (Å²) in [6, 6.07) is 0.621. The van der Waals surface area contributed by atoms with Crippen LogP contribution in [0.3, 0.4) is 0 Å². The summed E-state index contributed by atoms with van der Waals surface area (Å²) in [5.74, 6) is 0.659. The lowest BCUT2D eigenvalue weighted by atomic mass is 9.66. The molecule has 4 atom stereocenters. The van der Waals surface area contributed by atoms with Crippen LogP contribution in [-0.2, 0) is 0 Å². The van der Waals surface area contributed by atoms with Crippen molar-refractivity contribution in [1.82, 2.24) is 4.90 Å². The normalized spacial score (nSPS) is 48.9. The molecule has 0 aromatic carbocycles. The molecule has 1 aliphatic heterocycles. The lowest BCUT2D eigenvalue weighted by Gasteiger charge is -2.57. The zero-order valence-electron chi connectivity index (χ0n) is 9.40. The van der Waals surface area contributed by atoms with E-state index in [4.69, 9.17) is 5.73 Å². The molecule has 1 saturated heterocycles. The minimum Gasteiger partial charge on any atom is -0.391 e. The third-order valence-corrected chi connectivity index (χ3v) is 4.05. The van der Waals surface area contributed by atoms with E-state index in [1.807, 2.05) is 0 Å².